The van der Waals surface area contributed by atoms with E-state index in [9.17, 15) is 0 Å². The van der Waals surface area contributed by atoms with Gasteiger partial charge in [-0.1, -0.05) is 6.58 Å². The molecule has 0 radical (unpaired) electrons. The second-order valence-electron chi connectivity index (χ2n) is 4.49. The van der Waals surface area contributed by atoms with Crippen molar-refractivity contribution in [3.8, 4) is 0 Å². The van der Waals surface area contributed by atoms with Crippen LogP contribution in [0.2, 0.25) is 0 Å². The lowest BCUT2D eigenvalue weighted by molar-refractivity contribution is 0.213. The van der Waals surface area contributed by atoms with Crippen molar-refractivity contribution in [2.24, 2.45) is 16.8 Å². The average Bonchev–Trinajstić information content (AvgIpc) is 2.14. The van der Waals surface area contributed by atoms with Crippen molar-refractivity contribution in [1.82, 2.24) is 9.91 Å². The zero-order chi connectivity index (χ0) is 11.4. The quantitative estimate of drug-likeness (QED) is 0.541. The van der Waals surface area contributed by atoms with Gasteiger partial charge < -0.3 is 15.6 Å². The molecule has 86 valence electrons. The van der Waals surface area contributed by atoms with Gasteiger partial charge in [-0.25, -0.2) is 0 Å². The van der Waals surface area contributed by atoms with E-state index in [0.29, 0.717) is 5.92 Å². The third kappa shape index (κ3) is 3.64. The van der Waals surface area contributed by atoms with Crippen molar-refractivity contribution < 1.29 is 0 Å². The Bertz CT molecular complexity index is 247. The minimum absolute atomic E-state index is 0.185. The zero-order valence-electron chi connectivity index (χ0n) is 9.98. The number of hydrogen-bond acceptors (Lipinski definition) is 4. The van der Waals surface area contributed by atoms with Crippen LogP contribution in [0.15, 0.2) is 17.3 Å². The van der Waals surface area contributed by atoms with Gasteiger partial charge in [0.25, 0.3) is 0 Å². The Morgan fingerprint density at radius 3 is 2.80 bits per heavy atom. The second kappa shape index (κ2) is 5.28. The van der Waals surface area contributed by atoms with Gasteiger partial charge >= 0.3 is 0 Å². The van der Waals surface area contributed by atoms with Crippen LogP contribution in [0.25, 0.3) is 0 Å². The molecule has 1 aliphatic rings. The maximum Gasteiger partial charge on any atom is 0.0499 e. The van der Waals surface area contributed by atoms with Crippen LogP contribution in [0.3, 0.4) is 0 Å². The standard InChI is InChI=1S/C11H22N4/c1-9(7-13-14(2)3)10-5-6-15(4)8-11(10)12/h7,10-11H,1,5-6,8,12H2,2-4H3/b13-7-/t10-,11+/m0/s1. The third-order valence-electron chi connectivity index (χ3n) is 2.79. The number of nitrogens with two attached hydrogens (primary N) is 1. The Morgan fingerprint density at radius 1 is 1.60 bits per heavy atom. The average molecular weight is 210 g/mol. The first-order valence-corrected chi connectivity index (χ1v) is 5.35. The largest absolute Gasteiger partial charge is 0.326 e. The molecule has 1 heterocycles. The number of rotatable bonds is 3. The van der Waals surface area contributed by atoms with Crippen LogP contribution in [0.5, 0.6) is 0 Å². The molecule has 0 unspecified atom stereocenters. The fourth-order valence-electron chi connectivity index (χ4n) is 1.90. The van der Waals surface area contributed by atoms with E-state index in [-0.39, 0.29) is 6.04 Å². The predicted molar refractivity (Wildman–Crippen MR) is 64.9 cm³/mol. The first kappa shape index (κ1) is 12.2. The Labute approximate surface area is 92.4 Å². The number of likely N-dealkylation sites (N-methyl/N-ethyl adjacent to an activating group) is 1. The molecule has 0 aromatic carbocycles. The summed E-state index contributed by atoms with van der Waals surface area (Å²) in [5, 5.41) is 5.96. The van der Waals surface area contributed by atoms with Crippen LogP contribution < -0.4 is 5.73 Å². The van der Waals surface area contributed by atoms with Crippen LogP contribution in [-0.4, -0.2) is 56.4 Å². The molecule has 0 aromatic rings. The van der Waals surface area contributed by atoms with Gasteiger partial charge in [0.2, 0.25) is 0 Å². The van der Waals surface area contributed by atoms with Crippen molar-refractivity contribution in [1.29, 1.82) is 0 Å². The van der Waals surface area contributed by atoms with E-state index in [0.717, 1.165) is 25.1 Å². The van der Waals surface area contributed by atoms with Crippen molar-refractivity contribution in [2.45, 2.75) is 12.5 Å². The zero-order valence-corrected chi connectivity index (χ0v) is 9.98. The van der Waals surface area contributed by atoms with Crippen molar-refractivity contribution in [2.75, 3.05) is 34.2 Å². The van der Waals surface area contributed by atoms with Crippen LogP contribution in [0.4, 0.5) is 0 Å². The number of nitrogens with zero attached hydrogens (tertiary/aromatic N) is 3. The molecular formula is C11H22N4. The maximum atomic E-state index is 6.10. The monoisotopic (exact) mass is 210 g/mol. The first-order chi connectivity index (χ1) is 7.00. The highest BCUT2D eigenvalue weighted by Crippen LogP contribution is 2.21. The van der Waals surface area contributed by atoms with Gasteiger partial charge in [0.05, 0.1) is 0 Å². The summed E-state index contributed by atoms with van der Waals surface area (Å²) in [6, 6.07) is 0.185. The lowest BCUT2D eigenvalue weighted by atomic mass is 9.87. The Balaban J connectivity index is 2.52. The van der Waals surface area contributed by atoms with E-state index in [1.165, 1.54) is 0 Å². The molecular weight excluding hydrogens is 188 g/mol. The van der Waals surface area contributed by atoms with Gasteiger partial charge in [0, 0.05) is 38.8 Å². The summed E-state index contributed by atoms with van der Waals surface area (Å²) in [4.78, 5) is 2.26. The molecule has 4 heteroatoms. The first-order valence-electron chi connectivity index (χ1n) is 5.35. The number of hydrogen-bond donors (Lipinski definition) is 1. The summed E-state index contributed by atoms with van der Waals surface area (Å²) in [6.45, 7) is 6.09. The van der Waals surface area contributed by atoms with E-state index in [1.807, 2.05) is 20.3 Å². The van der Waals surface area contributed by atoms with Crippen molar-refractivity contribution >= 4 is 6.21 Å². The molecule has 4 nitrogen and oxygen atoms in total. The third-order valence-corrected chi connectivity index (χ3v) is 2.79. The summed E-state index contributed by atoms with van der Waals surface area (Å²) in [6.07, 6.45) is 2.91. The van der Waals surface area contributed by atoms with Crippen LogP contribution in [0.1, 0.15) is 6.42 Å². The van der Waals surface area contributed by atoms with E-state index < -0.39 is 0 Å². The molecule has 15 heavy (non-hydrogen) atoms. The summed E-state index contributed by atoms with van der Waals surface area (Å²) in [5.41, 5.74) is 7.14. The van der Waals surface area contributed by atoms with Crippen molar-refractivity contribution in [3.05, 3.63) is 12.2 Å². The number of likely N-dealkylation sites (tertiary alicyclic amines) is 1. The molecule has 2 atom stereocenters. The minimum atomic E-state index is 0.185. The molecule has 1 saturated heterocycles. The summed E-state index contributed by atoms with van der Waals surface area (Å²) in [7, 11) is 5.91. The molecule has 0 amide bonds. The van der Waals surface area contributed by atoms with E-state index in [4.69, 9.17) is 5.73 Å². The molecule has 1 fully saturated rings. The summed E-state index contributed by atoms with van der Waals surface area (Å²) >= 11 is 0. The molecule has 2 N–H and O–H groups in total. The van der Waals surface area contributed by atoms with E-state index in [2.05, 4.69) is 23.6 Å². The van der Waals surface area contributed by atoms with Gasteiger partial charge in [0.1, 0.15) is 0 Å². The maximum absolute atomic E-state index is 6.10. The second-order valence-corrected chi connectivity index (χ2v) is 4.49. The highest BCUT2D eigenvalue weighted by Gasteiger charge is 2.25. The van der Waals surface area contributed by atoms with Crippen LogP contribution in [-0.2, 0) is 0 Å². The fraction of sp³-hybridized carbons (Fsp3) is 0.727. The molecule has 1 rings (SSSR count). The van der Waals surface area contributed by atoms with E-state index >= 15 is 0 Å². The lowest BCUT2D eigenvalue weighted by Crippen LogP contribution is -2.47. The van der Waals surface area contributed by atoms with Gasteiger partial charge in [-0.3, -0.25) is 0 Å². The van der Waals surface area contributed by atoms with Crippen LogP contribution >= 0.6 is 0 Å². The topological polar surface area (TPSA) is 44.9 Å². The Hall–Kier alpha value is -0.870. The molecule has 1 aliphatic heterocycles. The summed E-state index contributed by atoms with van der Waals surface area (Å²) in [5.74, 6) is 0.380. The van der Waals surface area contributed by atoms with E-state index in [1.54, 1.807) is 5.01 Å². The highest BCUT2D eigenvalue weighted by atomic mass is 15.4. The molecule has 0 saturated carbocycles. The lowest BCUT2D eigenvalue weighted by Gasteiger charge is -2.34. The highest BCUT2D eigenvalue weighted by molar-refractivity contribution is 5.78. The van der Waals surface area contributed by atoms with Gasteiger partial charge in [-0.2, -0.15) is 5.10 Å². The molecule has 0 aromatic heterocycles. The molecule has 0 aliphatic carbocycles. The smallest absolute Gasteiger partial charge is 0.0499 e. The van der Waals surface area contributed by atoms with Gasteiger partial charge in [-0.05, 0) is 25.6 Å². The normalized spacial score (nSPS) is 28.3. The predicted octanol–water partition coefficient (Wildman–Crippen LogP) is 0.369. The SMILES string of the molecule is C=C(/C=N\N(C)C)[C@@H]1CCN(C)C[C@H]1N. The number of piperidine rings is 1. The Kier molecular flexibility index (Phi) is 4.29. The number of hydrazone groups is 1. The molecule has 0 bridgehead atoms. The van der Waals surface area contributed by atoms with Gasteiger partial charge in [-0.15, -0.1) is 0 Å². The van der Waals surface area contributed by atoms with Gasteiger partial charge in [0.15, 0.2) is 0 Å². The molecule has 0 spiro atoms. The summed E-state index contributed by atoms with van der Waals surface area (Å²) < 4.78 is 0. The minimum Gasteiger partial charge on any atom is -0.326 e. The van der Waals surface area contributed by atoms with Crippen molar-refractivity contribution in [3.63, 3.8) is 0 Å². The Morgan fingerprint density at radius 2 is 2.27 bits per heavy atom. The van der Waals surface area contributed by atoms with Crippen LogP contribution in [0, 0.1) is 5.92 Å². The fourth-order valence-corrected chi connectivity index (χ4v) is 1.90.